The molecule has 3 rings (SSSR count). The van der Waals surface area contributed by atoms with E-state index in [0.717, 1.165) is 17.0 Å². The van der Waals surface area contributed by atoms with Gasteiger partial charge in [0.05, 0.1) is 22.4 Å². The summed E-state index contributed by atoms with van der Waals surface area (Å²) in [6.07, 6.45) is 1.64. The Labute approximate surface area is 139 Å². The minimum atomic E-state index is -3.66. The topological polar surface area (TPSA) is 93.2 Å². The number of thiophene rings is 1. The van der Waals surface area contributed by atoms with Crippen LogP contribution >= 0.6 is 11.3 Å². The Morgan fingerprint density at radius 2 is 2.04 bits per heavy atom. The zero-order valence-electron chi connectivity index (χ0n) is 12.1. The van der Waals surface area contributed by atoms with Crippen LogP contribution in [0.2, 0.25) is 0 Å². The highest BCUT2D eigenvalue weighted by molar-refractivity contribution is 7.97. The molecule has 124 valence electrons. The second-order valence-corrected chi connectivity index (χ2v) is 10.9. The van der Waals surface area contributed by atoms with Gasteiger partial charge >= 0.3 is 0 Å². The molecule has 0 spiro atoms. The lowest BCUT2D eigenvalue weighted by Crippen LogP contribution is -2.42. The second kappa shape index (κ2) is 6.31. The smallest absolute Gasteiger partial charge is 0.193 e. The molecule has 1 saturated heterocycles. The molecule has 2 atom stereocenters. The monoisotopic (exact) mass is 372 g/mol. The highest BCUT2D eigenvalue weighted by Crippen LogP contribution is 2.28. The Morgan fingerprint density at radius 1 is 1.22 bits per heavy atom. The maximum absolute atomic E-state index is 12.7. The van der Waals surface area contributed by atoms with Crippen LogP contribution in [-0.2, 0) is 26.2 Å². The van der Waals surface area contributed by atoms with Gasteiger partial charge in [0.25, 0.3) is 0 Å². The zero-order chi connectivity index (χ0) is 16.5. The van der Waals surface area contributed by atoms with Gasteiger partial charge in [-0.3, -0.25) is 4.98 Å². The van der Waals surface area contributed by atoms with Crippen molar-refractivity contribution < 1.29 is 16.8 Å². The summed E-state index contributed by atoms with van der Waals surface area (Å²) in [5.74, 6) is -0.512. The van der Waals surface area contributed by atoms with E-state index >= 15 is 0 Å². The van der Waals surface area contributed by atoms with Crippen LogP contribution in [0.1, 0.15) is 5.69 Å². The number of hydrogen-bond acceptors (Lipinski definition) is 7. The van der Waals surface area contributed by atoms with E-state index in [2.05, 4.69) is 10.3 Å². The fraction of sp³-hybridized carbons (Fsp3) is 0.357. The molecule has 0 bridgehead atoms. The van der Waals surface area contributed by atoms with Crippen LogP contribution in [-0.4, -0.2) is 44.6 Å². The van der Waals surface area contributed by atoms with Crippen molar-refractivity contribution in [2.45, 2.75) is 22.0 Å². The van der Waals surface area contributed by atoms with Crippen molar-refractivity contribution in [3.63, 3.8) is 0 Å². The van der Waals surface area contributed by atoms with Crippen molar-refractivity contribution in [3.05, 3.63) is 47.6 Å². The van der Waals surface area contributed by atoms with Crippen LogP contribution in [0.3, 0.4) is 0 Å². The molecule has 1 fully saturated rings. The van der Waals surface area contributed by atoms with Crippen LogP contribution in [0.4, 0.5) is 0 Å². The van der Waals surface area contributed by atoms with Gasteiger partial charge in [-0.25, -0.2) is 16.8 Å². The molecule has 23 heavy (non-hydrogen) atoms. The molecule has 1 aliphatic heterocycles. The first-order chi connectivity index (χ1) is 10.9. The van der Waals surface area contributed by atoms with Gasteiger partial charge in [0.15, 0.2) is 19.7 Å². The molecule has 0 saturated carbocycles. The largest absolute Gasteiger partial charge is 0.306 e. The van der Waals surface area contributed by atoms with Crippen LogP contribution in [0.5, 0.6) is 0 Å². The molecule has 2 aromatic heterocycles. The fourth-order valence-electron chi connectivity index (χ4n) is 2.62. The van der Waals surface area contributed by atoms with E-state index in [1.165, 1.54) is 6.07 Å². The quantitative estimate of drug-likeness (QED) is 0.837. The van der Waals surface area contributed by atoms with E-state index in [1.807, 2.05) is 6.07 Å². The van der Waals surface area contributed by atoms with E-state index in [1.54, 1.807) is 29.8 Å². The SMILES string of the molecule is O=S1(=O)C[C@H](NCc2ccccn2)[C@@H](S(=O)(=O)c2cccs2)C1. The molecule has 3 heterocycles. The maximum atomic E-state index is 12.7. The highest BCUT2D eigenvalue weighted by atomic mass is 32.2. The minimum Gasteiger partial charge on any atom is -0.306 e. The molecule has 9 heteroatoms. The predicted octanol–water partition coefficient (Wildman–Crippen LogP) is 0.872. The number of sulfone groups is 2. The van der Waals surface area contributed by atoms with Gasteiger partial charge in [0.2, 0.25) is 0 Å². The number of hydrogen-bond donors (Lipinski definition) is 1. The van der Waals surface area contributed by atoms with Gasteiger partial charge < -0.3 is 5.32 Å². The van der Waals surface area contributed by atoms with Crippen molar-refractivity contribution in [2.24, 2.45) is 0 Å². The fourth-order valence-corrected chi connectivity index (χ4v) is 8.57. The third kappa shape index (κ3) is 3.63. The van der Waals surface area contributed by atoms with Crippen molar-refractivity contribution in [3.8, 4) is 0 Å². The van der Waals surface area contributed by atoms with Crippen LogP contribution in [0.25, 0.3) is 0 Å². The van der Waals surface area contributed by atoms with Gasteiger partial charge in [0, 0.05) is 18.8 Å². The van der Waals surface area contributed by atoms with E-state index < -0.39 is 31.0 Å². The van der Waals surface area contributed by atoms with Crippen molar-refractivity contribution in [1.82, 2.24) is 10.3 Å². The molecular weight excluding hydrogens is 356 g/mol. The minimum absolute atomic E-state index is 0.172. The molecular formula is C14H16N2O4S3. The first-order valence-electron chi connectivity index (χ1n) is 7.00. The number of nitrogens with one attached hydrogen (secondary N) is 1. The zero-order valence-corrected chi connectivity index (χ0v) is 14.6. The molecule has 0 aromatic carbocycles. The first kappa shape index (κ1) is 16.6. The van der Waals surface area contributed by atoms with E-state index in [0.29, 0.717) is 6.54 Å². The Morgan fingerprint density at radius 3 is 2.70 bits per heavy atom. The summed E-state index contributed by atoms with van der Waals surface area (Å²) in [7, 11) is -7.04. The predicted molar refractivity (Wildman–Crippen MR) is 88.8 cm³/mol. The number of pyridine rings is 1. The average molecular weight is 372 g/mol. The molecule has 0 amide bonds. The Hall–Kier alpha value is -1.29. The van der Waals surface area contributed by atoms with Crippen LogP contribution in [0.15, 0.2) is 46.1 Å². The normalized spacial score (nSPS) is 23.8. The molecule has 2 aromatic rings. The summed E-state index contributed by atoms with van der Waals surface area (Å²) in [5, 5.41) is 3.77. The lowest BCUT2D eigenvalue weighted by Gasteiger charge is -2.19. The average Bonchev–Trinajstić information content (AvgIpc) is 3.14. The summed E-state index contributed by atoms with van der Waals surface area (Å²) in [6, 6.07) is 7.95. The number of rotatable bonds is 5. The third-order valence-electron chi connectivity index (χ3n) is 3.75. The second-order valence-electron chi connectivity index (χ2n) is 5.40. The van der Waals surface area contributed by atoms with E-state index in [-0.39, 0.29) is 15.7 Å². The molecule has 1 N–H and O–H groups in total. The van der Waals surface area contributed by atoms with Crippen molar-refractivity contribution >= 4 is 31.0 Å². The highest BCUT2D eigenvalue weighted by Gasteiger charge is 2.45. The van der Waals surface area contributed by atoms with E-state index in [9.17, 15) is 16.8 Å². The van der Waals surface area contributed by atoms with Crippen molar-refractivity contribution in [2.75, 3.05) is 11.5 Å². The van der Waals surface area contributed by atoms with Gasteiger partial charge in [-0.05, 0) is 23.6 Å². The summed E-state index contributed by atoms with van der Waals surface area (Å²) < 4.78 is 49.5. The molecule has 1 aliphatic rings. The van der Waals surface area contributed by atoms with Gasteiger partial charge in [-0.1, -0.05) is 12.1 Å². The molecule has 0 unspecified atom stereocenters. The molecule has 6 nitrogen and oxygen atoms in total. The third-order valence-corrected chi connectivity index (χ3v) is 9.33. The maximum Gasteiger partial charge on any atom is 0.193 e. The first-order valence-corrected chi connectivity index (χ1v) is 11.2. The van der Waals surface area contributed by atoms with Crippen molar-refractivity contribution in [1.29, 1.82) is 0 Å². The summed E-state index contributed by atoms with van der Waals surface area (Å²) in [4.78, 5) is 4.15. The Bertz CT molecular complexity index is 862. The molecule has 0 radical (unpaired) electrons. The van der Waals surface area contributed by atoms with Gasteiger partial charge in [-0.15, -0.1) is 11.3 Å². The lowest BCUT2D eigenvalue weighted by molar-refractivity contribution is 0.524. The van der Waals surface area contributed by atoms with Gasteiger partial charge in [-0.2, -0.15) is 0 Å². The number of aromatic nitrogens is 1. The molecule has 0 aliphatic carbocycles. The summed E-state index contributed by atoms with van der Waals surface area (Å²) >= 11 is 1.11. The summed E-state index contributed by atoms with van der Waals surface area (Å²) in [5.41, 5.74) is 0.740. The van der Waals surface area contributed by atoms with Crippen LogP contribution in [0, 0.1) is 0 Å². The Kier molecular flexibility index (Phi) is 4.54. The lowest BCUT2D eigenvalue weighted by atomic mass is 10.2. The van der Waals surface area contributed by atoms with Crippen LogP contribution < -0.4 is 5.32 Å². The number of nitrogens with zero attached hydrogens (tertiary/aromatic N) is 1. The van der Waals surface area contributed by atoms with Gasteiger partial charge in [0.1, 0.15) is 4.21 Å². The summed E-state index contributed by atoms with van der Waals surface area (Å²) in [6.45, 7) is 0.331. The standard InChI is InChI=1S/C14H16N2O4S3/c17-22(18)9-12(16-8-11-4-1-2-6-15-11)13(10-22)23(19,20)14-5-3-7-21-14/h1-7,12-13,16H,8-10H2/t12-,13-/m0/s1. The Balaban J connectivity index is 1.83. The van der Waals surface area contributed by atoms with E-state index in [4.69, 9.17) is 0 Å².